The van der Waals surface area contributed by atoms with E-state index >= 15 is 0 Å². The highest BCUT2D eigenvalue weighted by atomic mass is 127. The minimum Gasteiger partial charge on any atom is -0.352 e. The molecule has 0 saturated carbocycles. The summed E-state index contributed by atoms with van der Waals surface area (Å²) in [4.78, 5) is 29.9. The fourth-order valence-corrected chi connectivity index (χ4v) is 6.80. The molecule has 11 heteroatoms. The quantitative estimate of drug-likeness (QED) is 0.144. The maximum absolute atomic E-state index is 14.5. The van der Waals surface area contributed by atoms with Crippen molar-refractivity contribution >= 4 is 73.3 Å². The van der Waals surface area contributed by atoms with Crippen molar-refractivity contribution in [3.8, 4) is 0 Å². The summed E-state index contributed by atoms with van der Waals surface area (Å²) >= 11 is 14.7. The number of rotatable bonds is 13. The van der Waals surface area contributed by atoms with Crippen LogP contribution in [-0.4, -0.2) is 43.8 Å². The van der Waals surface area contributed by atoms with Crippen LogP contribution < -0.4 is 9.62 Å². The Morgan fingerprint density at radius 2 is 1.47 bits per heavy atom. The number of anilines is 1. The van der Waals surface area contributed by atoms with E-state index in [-0.39, 0.29) is 29.8 Å². The van der Waals surface area contributed by atoms with Crippen LogP contribution >= 0.6 is 45.8 Å². The molecular formula is C34H34Cl2IN3O4S. The van der Waals surface area contributed by atoms with Gasteiger partial charge in [0, 0.05) is 22.6 Å². The van der Waals surface area contributed by atoms with Crippen molar-refractivity contribution in [2.75, 3.05) is 10.8 Å². The van der Waals surface area contributed by atoms with Crippen LogP contribution in [0.1, 0.15) is 31.4 Å². The smallest absolute Gasteiger partial charge is 0.264 e. The lowest BCUT2D eigenvalue weighted by molar-refractivity contribution is -0.140. The summed E-state index contributed by atoms with van der Waals surface area (Å²) in [6.45, 7) is 3.31. The van der Waals surface area contributed by atoms with Crippen molar-refractivity contribution in [2.24, 2.45) is 0 Å². The maximum atomic E-state index is 14.5. The third kappa shape index (κ3) is 9.22. The molecule has 0 aliphatic heterocycles. The molecule has 0 aromatic heterocycles. The number of halogens is 3. The fourth-order valence-electron chi connectivity index (χ4n) is 4.69. The first-order valence-corrected chi connectivity index (χ1v) is 17.7. The van der Waals surface area contributed by atoms with Crippen LogP contribution in [0.25, 0.3) is 0 Å². The Bertz CT molecular complexity index is 1710. The fraction of sp³-hybridized carbons (Fsp3) is 0.235. The molecule has 2 atom stereocenters. The van der Waals surface area contributed by atoms with Gasteiger partial charge in [-0.2, -0.15) is 0 Å². The number of hydrogen-bond donors (Lipinski definition) is 1. The molecule has 7 nitrogen and oxygen atoms in total. The monoisotopic (exact) mass is 777 g/mol. The molecule has 4 rings (SSSR count). The highest BCUT2D eigenvalue weighted by Gasteiger charge is 2.35. The third-order valence-corrected chi connectivity index (χ3v) is 10.6. The van der Waals surface area contributed by atoms with Crippen molar-refractivity contribution in [3.05, 3.63) is 128 Å². The van der Waals surface area contributed by atoms with Gasteiger partial charge in [0.05, 0.1) is 20.6 Å². The van der Waals surface area contributed by atoms with Crippen molar-refractivity contribution in [2.45, 2.75) is 50.2 Å². The summed E-state index contributed by atoms with van der Waals surface area (Å²) in [6.07, 6.45) is 0.908. The van der Waals surface area contributed by atoms with Gasteiger partial charge in [-0.05, 0) is 95.6 Å². The number of benzene rings is 4. The molecular weight excluding hydrogens is 744 g/mol. The Hall–Kier alpha value is -3.12. The van der Waals surface area contributed by atoms with Crippen molar-refractivity contribution in [1.82, 2.24) is 10.2 Å². The van der Waals surface area contributed by atoms with Gasteiger partial charge in [-0.3, -0.25) is 13.9 Å². The lowest BCUT2D eigenvalue weighted by Crippen LogP contribution is -2.54. The molecule has 4 aromatic carbocycles. The van der Waals surface area contributed by atoms with Crippen molar-refractivity contribution in [1.29, 1.82) is 0 Å². The minimum atomic E-state index is -4.16. The van der Waals surface area contributed by atoms with Gasteiger partial charge < -0.3 is 10.2 Å². The van der Waals surface area contributed by atoms with Gasteiger partial charge >= 0.3 is 0 Å². The van der Waals surface area contributed by atoms with Crippen LogP contribution in [0, 0.1) is 3.57 Å². The van der Waals surface area contributed by atoms with Crippen LogP contribution in [0.15, 0.2) is 108 Å². The lowest BCUT2D eigenvalue weighted by atomic mass is 10.0. The Labute approximate surface area is 288 Å². The van der Waals surface area contributed by atoms with E-state index < -0.39 is 28.5 Å². The highest BCUT2D eigenvalue weighted by Crippen LogP contribution is 2.27. The first kappa shape index (κ1) is 34.7. The van der Waals surface area contributed by atoms with Gasteiger partial charge in [0.2, 0.25) is 11.8 Å². The normalized spacial score (nSPS) is 12.6. The molecule has 0 spiro atoms. The van der Waals surface area contributed by atoms with Crippen LogP contribution in [0.3, 0.4) is 0 Å². The summed E-state index contributed by atoms with van der Waals surface area (Å²) in [7, 11) is -4.16. The molecule has 0 bridgehead atoms. The summed E-state index contributed by atoms with van der Waals surface area (Å²) in [5, 5.41) is 3.68. The average Bonchev–Trinajstić information content (AvgIpc) is 3.04. The predicted octanol–water partition coefficient (Wildman–Crippen LogP) is 7.35. The number of hydrogen-bond acceptors (Lipinski definition) is 4. The molecule has 0 aliphatic rings. The standard InChI is InChI=1S/C34H34Cl2IN3O4S/c1-3-24(2)38-34(42)32(21-25-10-6-4-7-11-25)39(22-26-14-19-30(35)31(36)20-26)33(41)23-40(28-17-15-27(37)16-18-28)45(43,44)29-12-8-5-9-13-29/h4-20,24,32H,3,21-23H2,1-2H3,(H,38,42)/t24-,32-/m1/s1. The number of nitrogens with zero attached hydrogens (tertiary/aromatic N) is 2. The second kappa shape index (κ2) is 15.9. The molecule has 0 heterocycles. The highest BCUT2D eigenvalue weighted by molar-refractivity contribution is 14.1. The van der Waals surface area contributed by atoms with Crippen LogP contribution in [0.5, 0.6) is 0 Å². The van der Waals surface area contributed by atoms with E-state index in [1.807, 2.05) is 44.2 Å². The molecule has 0 saturated heterocycles. The van der Waals surface area contributed by atoms with Crippen molar-refractivity contribution < 1.29 is 18.0 Å². The zero-order valence-electron chi connectivity index (χ0n) is 24.9. The zero-order chi connectivity index (χ0) is 32.6. The SMILES string of the molecule is CC[C@@H](C)NC(=O)[C@@H](Cc1ccccc1)N(Cc1ccc(Cl)c(Cl)c1)C(=O)CN(c1ccc(I)cc1)S(=O)(=O)c1ccccc1. The van der Waals surface area contributed by atoms with E-state index in [4.69, 9.17) is 23.2 Å². The molecule has 2 amide bonds. The van der Waals surface area contributed by atoms with Gasteiger partial charge in [0.15, 0.2) is 0 Å². The van der Waals surface area contributed by atoms with Crippen LogP contribution in [-0.2, 0) is 32.6 Å². The van der Waals surface area contributed by atoms with E-state index in [9.17, 15) is 18.0 Å². The number of nitrogens with one attached hydrogen (secondary N) is 1. The lowest BCUT2D eigenvalue weighted by Gasteiger charge is -2.34. The molecule has 45 heavy (non-hydrogen) atoms. The summed E-state index contributed by atoms with van der Waals surface area (Å²) in [6, 6.07) is 28.2. The third-order valence-electron chi connectivity index (χ3n) is 7.33. The van der Waals surface area contributed by atoms with Gasteiger partial charge in [-0.1, -0.05) is 84.7 Å². The Morgan fingerprint density at radius 1 is 0.844 bits per heavy atom. The second-order valence-corrected chi connectivity index (χ2v) is 14.5. The van der Waals surface area contributed by atoms with Gasteiger partial charge in [-0.15, -0.1) is 0 Å². The summed E-state index contributed by atoms with van der Waals surface area (Å²) in [5.74, 6) is -0.896. The molecule has 1 N–H and O–H groups in total. The second-order valence-electron chi connectivity index (χ2n) is 10.6. The van der Waals surface area contributed by atoms with E-state index in [0.29, 0.717) is 27.7 Å². The number of amides is 2. The summed E-state index contributed by atoms with van der Waals surface area (Å²) < 4.78 is 30.1. The largest absolute Gasteiger partial charge is 0.352 e. The zero-order valence-corrected chi connectivity index (χ0v) is 29.4. The molecule has 0 unspecified atom stereocenters. The minimum absolute atomic E-state index is 0.00688. The Balaban J connectivity index is 1.81. The maximum Gasteiger partial charge on any atom is 0.264 e. The first-order chi connectivity index (χ1) is 21.5. The number of sulfonamides is 1. The average molecular weight is 779 g/mol. The van der Waals surface area contributed by atoms with Gasteiger partial charge in [0.1, 0.15) is 12.6 Å². The topological polar surface area (TPSA) is 86.8 Å². The first-order valence-electron chi connectivity index (χ1n) is 14.4. The van der Waals surface area contributed by atoms with E-state index in [2.05, 4.69) is 27.9 Å². The molecule has 0 aliphatic carbocycles. The summed E-state index contributed by atoms with van der Waals surface area (Å²) in [5.41, 5.74) is 1.81. The molecule has 0 fully saturated rings. The number of carbonyl (C=O) groups is 2. The van der Waals surface area contributed by atoms with Crippen LogP contribution in [0.2, 0.25) is 10.0 Å². The predicted molar refractivity (Wildman–Crippen MR) is 189 cm³/mol. The van der Waals surface area contributed by atoms with Gasteiger partial charge in [-0.25, -0.2) is 8.42 Å². The van der Waals surface area contributed by atoms with E-state index in [1.54, 1.807) is 60.7 Å². The van der Waals surface area contributed by atoms with Crippen LogP contribution in [0.4, 0.5) is 5.69 Å². The molecule has 236 valence electrons. The number of carbonyl (C=O) groups excluding carboxylic acids is 2. The van der Waals surface area contributed by atoms with Gasteiger partial charge in [0.25, 0.3) is 10.0 Å². The van der Waals surface area contributed by atoms with Crippen molar-refractivity contribution in [3.63, 3.8) is 0 Å². The molecule has 4 aromatic rings. The van der Waals surface area contributed by atoms with E-state index in [0.717, 1.165) is 13.4 Å². The van der Waals surface area contributed by atoms with E-state index in [1.165, 1.54) is 17.0 Å². The Kier molecular flexibility index (Phi) is 12.3. The Morgan fingerprint density at radius 3 is 2.07 bits per heavy atom. The molecule has 0 radical (unpaired) electrons.